The minimum absolute atomic E-state index is 0.0388. The Morgan fingerprint density at radius 3 is 2.50 bits per heavy atom. The maximum Gasteiger partial charge on any atom is 0.407 e. The summed E-state index contributed by atoms with van der Waals surface area (Å²) in [4.78, 5) is 11.8. The molecule has 0 radical (unpaired) electrons. The first-order chi connectivity index (χ1) is 11.2. The summed E-state index contributed by atoms with van der Waals surface area (Å²) in [6.07, 6.45) is 1.29. The predicted molar refractivity (Wildman–Crippen MR) is 94.8 cm³/mol. The number of benzene rings is 1. The Bertz CT molecular complexity index is 527. The SMILES string of the molecule is CC(N[C@H]1CC[C@H](NC(=O)OC(C)(C)C)C[C@@H]1O)c1ccccc1. The van der Waals surface area contributed by atoms with Crippen molar-refractivity contribution in [1.82, 2.24) is 10.6 Å². The molecule has 1 aliphatic rings. The zero-order chi connectivity index (χ0) is 17.7. The Kier molecular flexibility index (Phi) is 6.24. The molecule has 134 valence electrons. The molecule has 5 heteroatoms. The fraction of sp³-hybridized carbons (Fsp3) is 0.632. The fourth-order valence-electron chi connectivity index (χ4n) is 3.11. The standard InChI is InChI=1S/C19H30N2O3/c1-13(14-8-6-5-7-9-14)20-16-11-10-15(12-17(16)22)21-18(23)24-19(2,3)4/h5-9,13,15-17,20,22H,10-12H2,1-4H3,(H,21,23)/t13?,15-,16-,17-/m0/s1. The summed E-state index contributed by atoms with van der Waals surface area (Å²) in [6.45, 7) is 7.63. The van der Waals surface area contributed by atoms with Crippen LogP contribution >= 0.6 is 0 Å². The Morgan fingerprint density at radius 1 is 1.25 bits per heavy atom. The van der Waals surface area contributed by atoms with Crippen molar-refractivity contribution in [2.75, 3.05) is 0 Å². The van der Waals surface area contributed by atoms with Crippen molar-refractivity contribution in [3.8, 4) is 0 Å². The van der Waals surface area contributed by atoms with Crippen molar-refractivity contribution in [3.63, 3.8) is 0 Å². The van der Waals surface area contributed by atoms with Gasteiger partial charge >= 0.3 is 6.09 Å². The van der Waals surface area contributed by atoms with Gasteiger partial charge in [0.2, 0.25) is 0 Å². The van der Waals surface area contributed by atoms with E-state index in [9.17, 15) is 9.90 Å². The molecule has 1 amide bonds. The van der Waals surface area contributed by atoms with E-state index < -0.39 is 17.8 Å². The molecule has 0 spiro atoms. The molecular weight excluding hydrogens is 304 g/mol. The van der Waals surface area contributed by atoms with Crippen LogP contribution in [0.4, 0.5) is 4.79 Å². The zero-order valence-electron chi connectivity index (χ0n) is 15.1. The van der Waals surface area contributed by atoms with Gasteiger partial charge in [-0.2, -0.15) is 0 Å². The maximum absolute atomic E-state index is 11.8. The van der Waals surface area contributed by atoms with Crippen LogP contribution in [0, 0.1) is 0 Å². The molecule has 0 aliphatic heterocycles. The molecule has 0 aromatic heterocycles. The average Bonchev–Trinajstić information content (AvgIpc) is 2.49. The maximum atomic E-state index is 11.8. The number of aliphatic hydroxyl groups excluding tert-OH is 1. The lowest BCUT2D eigenvalue weighted by Gasteiger charge is -2.36. The van der Waals surface area contributed by atoms with Crippen molar-refractivity contribution in [1.29, 1.82) is 0 Å². The number of ether oxygens (including phenoxy) is 1. The molecule has 1 aliphatic carbocycles. The molecule has 4 atom stereocenters. The van der Waals surface area contributed by atoms with Crippen LogP contribution in [-0.4, -0.2) is 35.0 Å². The van der Waals surface area contributed by atoms with Crippen LogP contribution in [0.15, 0.2) is 30.3 Å². The molecule has 0 heterocycles. The number of carbonyl (C=O) groups is 1. The Balaban J connectivity index is 1.81. The summed E-state index contributed by atoms with van der Waals surface area (Å²) in [7, 11) is 0. The predicted octanol–water partition coefficient (Wildman–Crippen LogP) is 3.14. The number of rotatable bonds is 4. The molecule has 1 fully saturated rings. The second-order valence-electron chi connectivity index (χ2n) is 7.63. The molecule has 1 aromatic carbocycles. The van der Waals surface area contributed by atoms with Gasteiger partial charge in [0, 0.05) is 18.1 Å². The highest BCUT2D eigenvalue weighted by molar-refractivity contribution is 5.68. The summed E-state index contributed by atoms with van der Waals surface area (Å²) in [5, 5.41) is 16.8. The van der Waals surface area contributed by atoms with E-state index in [4.69, 9.17) is 4.74 Å². The highest BCUT2D eigenvalue weighted by atomic mass is 16.6. The van der Waals surface area contributed by atoms with Gasteiger partial charge in [0.05, 0.1) is 6.10 Å². The largest absolute Gasteiger partial charge is 0.444 e. The number of carbonyl (C=O) groups excluding carboxylic acids is 1. The summed E-state index contributed by atoms with van der Waals surface area (Å²) in [6, 6.07) is 10.4. The summed E-state index contributed by atoms with van der Waals surface area (Å²) >= 11 is 0. The number of alkyl carbamates (subject to hydrolysis) is 1. The smallest absolute Gasteiger partial charge is 0.407 e. The van der Waals surface area contributed by atoms with Gasteiger partial charge < -0.3 is 20.5 Å². The molecule has 2 rings (SSSR count). The van der Waals surface area contributed by atoms with E-state index in [2.05, 4.69) is 29.7 Å². The van der Waals surface area contributed by atoms with Crippen LogP contribution in [-0.2, 0) is 4.74 Å². The van der Waals surface area contributed by atoms with Gasteiger partial charge in [-0.05, 0) is 52.5 Å². The minimum atomic E-state index is -0.507. The summed E-state index contributed by atoms with van der Waals surface area (Å²) in [5.41, 5.74) is 0.700. The highest BCUT2D eigenvalue weighted by Gasteiger charge is 2.31. The molecule has 3 N–H and O–H groups in total. The molecule has 0 bridgehead atoms. The van der Waals surface area contributed by atoms with Crippen molar-refractivity contribution < 1.29 is 14.6 Å². The number of amides is 1. The number of nitrogens with one attached hydrogen (secondary N) is 2. The molecule has 1 saturated carbocycles. The van der Waals surface area contributed by atoms with E-state index >= 15 is 0 Å². The minimum Gasteiger partial charge on any atom is -0.444 e. The third-order valence-corrected chi connectivity index (χ3v) is 4.30. The van der Waals surface area contributed by atoms with Crippen LogP contribution in [0.1, 0.15) is 58.6 Å². The van der Waals surface area contributed by atoms with Crippen LogP contribution < -0.4 is 10.6 Å². The third kappa shape index (κ3) is 5.80. The average molecular weight is 334 g/mol. The van der Waals surface area contributed by atoms with E-state index in [0.717, 1.165) is 12.8 Å². The Hall–Kier alpha value is -1.59. The van der Waals surface area contributed by atoms with Gasteiger partial charge in [-0.25, -0.2) is 4.79 Å². The second kappa shape index (κ2) is 7.99. The quantitative estimate of drug-likeness (QED) is 0.791. The number of hydrogen-bond donors (Lipinski definition) is 3. The van der Waals surface area contributed by atoms with Crippen molar-refractivity contribution in [3.05, 3.63) is 35.9 Å². The lowest BCUT2D eigenvalue weighted by atomic mass is 9.88. The first-order valence-corrected chi connectivity index (χ1v) is 8.73. The first-order valence-electron chi connectivity index (χ1n) is 8.73. The Morgan fingerprint density at radius 2 is 1.92 bits per heavy atom. The van der Waals surface area contributed by atoms with Gasteiger partial charge in [-0.1, -0.05) is 30.3 Å². The van der Waals surface area contributed by atoms with Crippen LogP contribution in [0.2, 0.25) is 0 Å². The lowest BCUT2D eigenvalue weighted by molar-refractivity contribution is 0.0394. The van der Waals surface area contributed by atoms with Crippen LogP contribution in [0.25, 0.3) is 0 Å². The topological polar surface area (TPSA) is 70.6 Å². The van der Waals surface area contributed by atoms with Crippen molar-refractivity contribution in [2.45, 2.75) is 76.8 Å². The van der Waals surface area contributed by atoms with E-state index in [-0.39, 0.29) is 18.1 Å². The van der Waals surface area contributed by atoms with Gasteiger partial charge in [0.1, 0.15) is 5.60 Å². The van der Waals surface area contributed by atoms with Gasteiger partial charge in [-0.15, -0.1) is 0 Å². The Labute approximate surface area is 144 Å². The van der Waals surface area contributed by atoms with E-state index in [0.29, 0.717) is 6.42 Å². The van der Waals surface area contributed by atoms with Crippen LogP contribution in [0.5, 0.6) is 0 Å². The van der Waals surface area contributed by atoms with Gasteiger partial charge in [0.25, 0.3) is 0 Å². The monoisotopic (exact) mass is 334 g/mol. The second-order valence-corrected chi connectivity index (χ2v) is 7.63. The number of aliphatic hydroxyl groups is 1. The first kappa shape index (κ1) is 18.7. The van der Waals surface area contributed by atoms with Gasteiger partial charge in [-0.3, -0.25) is 0 Å². The van der Waals surface area contributed by atoms with Crippen molar-refractivity contribution >= 4 is 6.09 Å². The molecule has 1 unspecified atom stereocenters. The van der Waals surface area contributed by atoms with E-state index in [1.54, 1.807) is 0 Å². The highest BCUT2D eigenvalue weighted by Crippen LogP contribution is 2.23. The summed E-state index contributed by atoms with van der Waals surface area (Å²) in [5.74, 6) is 0. The van der Waals surface area contributed by atoms with E-state index in [1.807, 2.05) is 39.0 Å². The lowest BCUT2D eigenvalue weighted by Crippen LogP contribution is -2.51. The molecular formula is C19H30N2O3. The summed E-state index contributed by atoms with van der Waals surface area (Å²) < 4.78 is 5.28. The van der Waals surface area contributed by atoms with Gasteiger partial charge in [0.15, 0.2) is 0 Å². The zero-order valence-corrected chi connectivity index (χ0v) is 15.1. The van der Waals surface area contributed by atoms with Crippen molar-refractivity contribution in [2.24, 2.45) is 0 Å². The normalized spacial score (nSPS) is 25.8. The van der Waals surface area contributed by atoms with Crippen LogP contribution in [0.3, 0.4) is 0 Å². The number of hydrogen-bond acceptors (Lipinski definition) is 4. The molecule has 1 aromatic rings. The molecule has 24 heavy (non-hydrogen) atoms. The fourth-order valence-corrected chi connectivity index (χ4v) is 3.11. The molecule has 0 saturated heterocycles. The third-order valence-electron chi connectivity index (χ3n) is 4.30. The van der Waals surface area contributed by atoms with E-state index in [1.165, 1.54) is 5.56 Å². The molecule has 5 nitrogen and oxygen atoms in total.